The molecule has 1 fully saturated rings. The fourth-order valence-corrected chi connectivity index (χ4v) is 3.48. The molecule has 1 aromatic rings. The van der Waals surface area contributed by atoms with Crippen molar-refractivity contribution in [2.24, 2.45) is 17.6 Å². The quantitative estimate of drug-likeness (QED) is 0.802. The van der Waals surface area contributed by atoms with E-state index in [1.807, 2.05) is 12.1 Å². The van der Waals surface area contributed by atoms with Crippen molar-refractivity contribution in [1.29, 1.82) is 0 Å². The summed E-state index contributed by atoms with van der Waals surface area (Å²) < 4.78 is 13.7. The topological polar surface area (TPSA) is 26.0 Å². The summed E-state index contributed by atoms with van der Waals surface area (Å²) in [6, 6.07) is 7.14. The predicted molar refractivity (Wildman–Crippen MR) is 83.1 cm³/mol. The van der Waals surface area contributed by atoms with E-state index in [0.29, 0.717) is 12.3 Å². The lowest BCUT2D eigenvalue weighted by Gasteiger charge is -2.32. The van der Waals surface area contributed by atoms with E-state index in [2.05, 4.69) is 6.92 Å². The summed E-state index contributed by atoms with van der Waals surface area (Å²) in [4.78, 5) is 0. The second kappa shape index (κ2) is 7.78. The maximum absolute atomic E-state index is 13.7. The van der Waals surface area contributed by atoms with Crippen molar-refractivity contribution in [3.05, 3.63) is 35.6 Å². The van der Waals surface area contributed by atoms with E-state index in [1.54, 1.807) is 6.07 Å². The average molecular weight is 277 g/mol. The standard InChI is InChI=1S/C18H28FN/c1-2-3-6-14-9-11-15(12-10-14)18(20)13-16-7-4-5-8-17(16)19/h4-5,7-8,14-15,18H,2-3,6,9-13,20H2,1H3. The van der Waals surface area contributed by atoms with E-state index >= 15 is 0 Å². The summed E-state index contributed by atoms with van der Waals surface area (Å²) in [5.74, 6) is 1.37. The Morgan fingerprint density at radius 3 is 2.55 bits per heavy atom. The summed E-state index contributed by atoms with van der Waals surface area (Å²) in [5.41, 5.74) is 7.10. The Labute approximate surface area is 122 Å². The van der Waals surface area contributed by atoms with Gasteiger partial charge in [-0.15, -0.1) is 0 Å². The second-order valence-electron chi connectivity index (χ2n) is 6.38. The predicted octanol–water partition coefficient (Wildman–Crippen LogP) is 4.69. The van der Waals surface area contributed by atoms with Crippen molar-refractivity contribution in [3.63, 3.8) is 0 Å². The lowest BCUT2D eigenvalue weighted by Crippen LogP contribution is -2.35. The van der Waals surface area contributed by atoms with Gasteiger partial charge in [-0.05, 0) is 42.7 Å². The van der Waals surface area contributed by atoms with Gasteiger partial charge in [0.25, 0.3) is 0 Å². The molecule has 2 rings (SSSR count). The number of nitrogens with two attached hydrogens (primary N) is 1. The Bertz CT molecular complexity index is 396. The molecule has 0 bridgehead atoms. The third kappa shape index (κ3) is 4.31. The van der Waals surface area contributed by atoms with Gasteiger partial charge >= 0.3 is 0 Å². The lowest BCUT2D eigenvalue weighted by molar-refractivity contribution is 0.230. The Balaban J connectivity index is 1.80. The van der Waals surface area contributed by atoms with Crippen LogP contribution in [0.2, 0.25) is 0 Å². The Kier molecular flexibility index (Phi) is 6.03. The van der Waals surface area contributed by atoms with Gasteiger partial charge in [0.2, 0.25) is 0 Å². The number of rotatable bonds is 6. The van der Waals surface area contributed by atoms with Crippen LogP contribution >= 0.6 is 0 Å². The Hall–Kier alpha value is -0.890. The SMILES string of the molecule is CCCCC1CCC(C(N)Cc2ccccc2F)CC1. The first-order valence-corrected chi connectivity index (χ1v) is 8.19. The van der Waals surface area contributed by atoms with Gasteiger partial charge in [0.05, 0.1) is 0 Å². The van der Waals surface area contributed by atoms with Gasteiger partial charge in [0, 0.05) is 6.04 Å². The minimum atomic E-state index is -0.111. The minimum Gasteiger partial charge on any atom is -0.327 e. The molecule has 0 spiro atoms. The van der Waals surface area contributed by atoms with Gasteiger partial charge < -0.3 is 5.73 Å². The number of hydrogen-bond donors (Lipinski definition) is 1. The van der Waals surface area contributed by atoms with Crippen molar-refractivity contribution in [2.45, 2.75) is 64.3 Å². The third-order valence-electron chi connectivity index (χ3n) is 4.88. The highest BCUT2D eigenvalue weighted by Crippen LogP contribution is 2.33. The van der Waals surface area contributed by atoms with Crippen LogP contribution in [0.3, 0.4) is 0 Å². The van der Waals surface area contributed by atoms with Crippen molar-refractivity contribution in [2.75, 3.05) is 0 Å². The van der Waals surface area contributed by atoms with Crippen LogP contribution in [0, 0.1) is 17.7 Å². The van der Waals surface area contributed by atoms with Crippen LogP contribution in [-0.4, -0.2) is 6.04 Å². The molecule has 2 N–H and O–H groups in total. The van der Waals surface area contributed by atoms with Gasteiger partial charge in [0.1, 0.15) is 5.82 Å². The van der Waals surface area contributed by atoms with Crippen molar-refractivity contribution in [1.82, 2.24) is 0 Å². The van der Waals surface area contributed by atoms with Gasteiger partial charge in [-0.25, -0.2) is 4.39 Å². The minimum absolute atomic E-state index is 0.110. The first-order chi connectivity index (χ1) is 9.70. The van der Waals surface area contributed by atoms with Crippen molar-refractivity contribution >= 4 is 0 Å². The molecule has 1 aliphatic rings. The van der Waals surface area contributed by atoms with Gasteiger partial charge in [-0.2, -0.15) is 0 Å². The molecule has 1 saturated carbocycles. The smallest absolute Gasteiger partial charge is 0.126 e. The molecule has 0 heterocycles. The van der Waals surface area contributed by atoms with E-state index in [4.69, 9.17) is 5.73 Å². The lowest BCUT2D eigenvalue weighted by atomic mass is 9.76. The van der Waals surface area contributed by atoms with Crippen LogP contribution in [0.25, 0.3) is 0 Å². The molecule has 2 heteroatoms. The zero-order valence-electron chi connectivity index (χ0n) is 12.7. The molecule has 1 atom stereocenters. The molecule has 0 amide bonds. The molecule has 0 aliphatic heterocycles. The van der Waals surface area contributed by atoms with Crippen LogP contribution in [0.4, 0.5) is 4.39 Å². The fourth-order valence-electron chi connectivity index (χ4n) is 3.48. The van der Waals surface area contributed by atoms with E-state index in [0.717, 1.165) is 11.5 Å². The normalized spacial score (nSPS) is 24.6. The molecular formula is C18H28FN. The van der Waals surface area contributed by atoms with Crippen LogP contribution in [0.1, 0.15) is 57.4 Å². The van der Waals surface area contributed by atoms with Crippen LogP contribution in [-0.2, 0) is 6.42 Å². The molecule has 1 nitrogen and oxygen atoms in total. The summed E-state index contributed by atoms with van der Waals surface area (Å²) >= 11 is 0. The maximum Gasteiger partial charge on any atom is 0.126 e. The molecule has 112 valence electrons. The van der Waals surface area contributed by atoms with E-state index in [1.165, 1.54) is 51.0 Å². The zero-order valence-corrected chi connectivity index (χ0v) is 12.7. The monoisotopic (exact) mass is 277 g/mol. The first-order valence-electron chi connectivity index (χ1n) is 8.19. The molecule has 1 aromatic carbocycles. The number of halogens is 1. The maximum atomic E-state index is 13.7. The molecule has 20 heavy (non-hydrogen) atoms. The highest BCUT2D eigenvalue weighted by Gasteiger charge is 2.25. The van der Waals surface area contributed by atoms with Gasteiger partial charge in [-0.1, -0.05) is 57.2 Å². The van der Waals surface area contributed by atoms with Gasteiger partial charge in [-0.3, -0.25) is 0 Å². The van der Waals surface area contributed by atoms with Crippen molar-refractivity contribution in [3.8, 4) is 0 Å². The molecule has 1 aliphatic carbocycles. The van der Waals surface area contributed by atoms with Gasteiger partial charge in [0.15, 0.2) is 0 Å². The van der Waals surface area contributed by atoms with Crippen molar-refractivity contribution < 1.29 is 4.39 Å². The third-order valence-corrected chi connectivity index (χ3v) is 4.88. The highest BCUT2D eigenvalue weighted by atomic mass is 19.1. The summed E-state index contributed by atoms with van der Waals surface area (Å²) in [7, 11) is 0. The summed E-state index contributed by atoms with van der Waals surface area (Å²) in [6.07, 6.45) is 9.80. The molecule has 0 radical (unpaired) electrons. The van der Waals surface area contributed by atoms with E-state index in [-0.39, 0.29) is 11.9 Å². The van der Waals surface area contributed by atoms with E-state index in [9.17, 15) is 4.39 Å². The molecule has 1 unspecified atom stereocenters. The van der Waals surface area contributed by atoms with Crippen LogP contribution < -0.4 is 5.73 Å². The zero-order chi connectivity index (χ0) is 14.4. The Morgan fingerprint density at radius 1 is 1.20 bits per heavy atom. The molecular weight excluding hydrogens is 249 g/mol. The Morgan fingerprint density at radius 2 is 1.90 bits per heavy atom. The highest BCUT2D eigenvalue weighted by molar-refractivity contribution is 5.18. The van der Waals surface area contributed by atoms with Crippen LogP contribution in [0.15, 0.2) is 24.3 Å². The number of unbranched alkanes of at least 4 members (excludes halogenated alkanes) is 1. The summed E-state index contributed by atoms with van der Waals surface area (Å²) in [5, 5.41) is 0. The number of benzene rings is 1. The summed E-state index contributed by atoms with van der Waals surface area (Å²) in [6.45, 7) is 2.26. The molecule has 0 aromatic heterocycles. The number of hydrogen-bond acceptors (Lipinski definition) is 1. The van der Waals surface area contributed by atoms with Crippen LogP contribution in [0.5, 0.6) is 0 Å². The molecule has 0 saturated heterocycles. The van der Waals surface area contributed by atoms with E-state index < -0.39 is 0 Å². The first kappa shape index (κ1) is 15.5. The average Bonchev–Trinajstić information content (AvgIpc) is 2.48. The fraction of sp³-hybridized carbons (Fsp3) is 0.667. The largest absolute Gasteiger partial charge is 0.327 e. The second-order valence-corrected chi connectivity index (χ2v) is 6.38.